The Hall–Kier alpha value is -0.970. The lowest BCUT2D eigenvalue weighted by atomic mass is 10.0. The van der Waals surface area contributed by atoms with Crippen LogP contribution in [0, 0.1) is 0 Å². The highest BCUT2D eigenvalue weighted by molar-refractivity contribution is 6.32. The number of ether oxygens (including phenoxy) is 1. The first-order chi connectivity index (χ1) is 9.54. The molecule has 0 saturated carbocycles. The fourth-order valence-electron chi connectivity index (χ4n) is 2.84. The number of methoxy groups -OCH3 is 1. The molecule has 1 aromatic carbocycles. The smallest absolute Gasteiger partial charge is 0.145 e. The zero-order valence-electron chi connectivity index (χ0n) is 12.3. The number of likely N-dealkylation sites (tertiary alicyclic amines) is 1. The molecule has 20 heavy (non-hydrogen) atoms. The molecule has 2 N–H and O–H groups in total. The SMILES string of the molecule is COc1c(Cl)ccc(O)c1C(C)NCC1CCCN1C. The second-order valence-electron chi connectivity index (χ2n) is 5.42. The van der Waals surface area contributed by atoms with Crippen LogP contribution in [0.4, 0.5) is 0 Å². The summed E-state index contributed by atoms with van der Waals surface area (Å²) >= 11 is 6.12. The van der Waals surface area contributed by atoms with Crippen molar-refractivity contribution in [1.82, 2.24) is 10.2 Å². The number of nitrogens with zero attached hydrogens (tertiary/aromatic N) is 1. The molecule has 112 valence electrons. The van der Waals surface area contributed by atoms with Crippen molar-refractivity contribution < 1.29 is 9.84 Å². The van der Waals surface area contributed by atoms with Gasteiger partial charge in [0.2, 0.25) is 0 Å². The summed E-state index contributed by atoms with van der Waals surface area (Å²) in [5.74, 6) is 0.762. The molecule has 0 spiro atoms. The third-order valence-electron chi connectivity index (χ3n) is 4.09. The van der Waals surface area contributed by atoms with E-state index in [9.17, 15) is 5.11 Å². The maximum absolute atomic E-state index is 10.1. The Balaban J connectivity index is 2.08. The van der Waals surface area contributed by atoms with Crippen molar-refractivity contribution in [1.29, 1.82) is 0 Å². The molecule has 0 amide bonds. The number of phenolic OH excluding ortho intramolecular Hbond substituents is 1. The lowest BCUT2D eigenvalue weighted by Crippen LogP contribution is -2.36. The molecule has 1 aliphatic heterocycles. The van der Waals surface area contributed by atoms with Crippen LogP contribution in [0.1, 0.15) is 31.4 Å². The first kappa shape index (κ1) is 15.4. The van der Waals surface area contributed by atoms with E-state index in [1.807, 2.05) is 6.92 Å². The minimum Gasteiger partial charge on any atom is -0.507 e. The Morgan fingerprint density at radius 3 is 2.90 bits per heavy atom. The van der Waals surface area contributed by atoms with Crippen molar-refractivity contribution in [3.05, 3.63) is 22.7 Å². The van der Waals surface area contributed by atoms with E-state index in [4.69, 9.17) is 16.3 Å². The Bertz CT molecular complexity index is 467. The van der Waals surface area contributed by atoms with Gasteiger partial charge in [-0.05, 0) is 45.5 Å². The molecule has 4 nitrogen and oxygen atoms in total. The Labute approximate surface area is 125 Å². The minimum absolute atomic E-state index is 0.0161. The molecule has 2 atom stereocenters. The first-order valence-electron chi connectivity index (χ1n) is 7.03. The number of likely N-dealkylation sites (N-methyl/N-ethyl adjacent to an activating group) is 1. The van der Waals surface area contributed by atoms with Gasteiger partial charge in [0, 0.05) is 18.6 Å². The Morgan fingerprint density at radius 2 is 2.30 bits per heavy atom. The van der Waals surface area contributed by atoms with Crippen LogP contribution in [0.3, 0.4) is 0 Å². The van der Waals surface area contributed by atoms with Crippen LogP contribution in [0.5, 0.6) is 11.5 Å². The molecule has 2 rings (SSSR count). The van der Waals surface area contributed by atoms with E-state index in [0.29, 0.717) is 16.8 Å². The van der Waals surface area contributed by atoms with Crippen molar-refractivity contribution in [3.63, 3.8) is 0 Å². The van der Waals surface area contributed by atoms with Crippen molar-refractivity contribution >= 4 is 11.6 Å². The second-order valence-corrected chi connectivity index (χ2v) is 5.83. The fourth-order valence-corrected chi connectivity index (χ4v) is 3.08. The maximum atomic E-state index is 10.1. The summed E-state index contributed by atoms with van der Waals surface area (Å²) in [5.41, 5.74) is 0.723. The number of aromatic hydroxyl groups is 1. The highest BCUT2D eigenvalue weighted by Gasteiger charge is 2.23. The summed E-state index contributed by atoms with van der Waals surface area (Å²) in [6, 6.07) is 3.80. The number of hydrogen-bond donors (Lipinski definition) is 2. The number of benzene rings is 1. The molecule has 0 bridgehead atoms. The molecule has 1 aliphatic rings. The monoisotopic (exact) mass is 298 g/mol. The lowest BCUT2D eigenvalue weighted by molar-refractivity contribution is 0.291. The molecule has 0 aliphatic carbocycles. The van der Waals surface area contributed by atoms with Crippen LogP contribution >= 0.6 is 11.6 Å². The van der Waals surface area contributed by atoms with E-state index in [1.54, 1.807) is 19.2 Å². The van der Waals surface area contributed by atoms with E-state index in [0.717, 1.165) is 18.7 Å². The van der Waals surface area contributed by atoms with Gasteiger partial charge in [-0.15, -0.1) is 0 Å². The Kier molecular flexibility index (Phi) is 5.13. The second kappa shape index (κ2) is 6.66. The van der Waals surface area contributed by atoms with E-state index < -0.39 is 0 Å². The normalized spacial score (nSPS) is 21.1. The van der Waals surface area contributed by atoms with Crippen LogP contribution in [0.15, 0.2) is 12.1 Å². The molecule has 1 saturated heterocycles. The number of hydrogen-bond acceptors (Lipinski definition) is 4. The average Bonchev–Trinajstić information content (AvgIpc) is 2.83. The zero-order chi connectivity index (χ0) is 14.7. The molecule has 5 heteroatoms. The molecular formula is C15H23ClN2O2. The van der Waals surface area contributed by atoms with Crippen LogP contribution in [0.25, 0.3) is 0 Å². The van der Waals surface area contributed by atoms with Crippen LogP contribution in [-0.4, -0.2) is 43.3 Å². The highest BCUT2D eigenvalue weighted by Crippen LogP contribution is 2.38. The number of nitrogens with one attached hydrogen (secondary N) is 1. The van der Waals surface area contributed by atoms with Gasteiger partial charge < -0.3 is 20.1 Å². The molecule has 1 fully saturated rings. The fraction of sp³-hybridized carbons (Fsp3) is 0.600. The molecular weight excluding hydrogens is 276 g/mol. The van der Waals surface area contributed by atoms with Crippen molar-refractivity contribution in [2.24, 2.45) is 0 Å². The van der Waals surface area contributed by atoms with Gasteiger partial charge in [0.15, 0.2) is 0 Å². The standard InChI is InChI=1S/C15H23ClN2O2/c1-10(17-9-11-5-4-8-18(11)2)14-13(19)7-6-12(16)15(14)20-3/h6-7,10-11,17,19H,4-5,8-9H2,1-3H3. The van der Waals surface area contributed by atoms with Crippen LogP contribution in [0.2, 0.25) is 5.02 Å². The van der Waals surface area contributed by atoms with Crippen molar-refractivity contribution in [2.45, 2.75) is 31.8 Å². The Morgan fingerprint density at radius 1 is 1.55 bits per heavy atom. The number of phenols is 1. The first-order valence-corrected chi connectivity index (χ1v) is 7.41. The van der Waals surface area contributed by atoms with Crippen LogP contribution < -0.4 is 10.1 Å². The highest BCUT2D eigenvalue weighted by atomic mass is 35.5. The summed E-state index contributed by atoms with van der Waals surface area (Å²) in [4.78, 5) is 2.37. The van der Waals surface area contributed by atoms with Crippen molar-refractivity contribution in [3.8, 4) is 11.5 Å². The van der Waals surface area contributed by atoms with E-state index >= 15 is 0 Å². The third-order valence-corrected chi connectivity index (χ3v) is 4.39. The van der Waals surface area contributed by atoms with E-state index in [-0.39, 0.29) is 11.8 Å². The molecule has 2 unspecified atom stereocenters. The average molecular weight is 299 g/mol. The van der Waals surface area contributed by atoms with Gasteiger partial charge in [-0.3, -0.25) is 0 Å². The van der Waals surface area contributed by atoms with Gasteiger partial charge in [-0.2, -0.15) is 0 Å². The van der Waals surface area contributed by atoms with Gasteiger partial charge in [0.25, 0.3) is 0 Å². The lowest BCUT2D eigenvalue weighted by Gasteiger charge is -2.24. The largest absolute Gasteiger partial charge is 0.507 e. The quantitative estimate of drug-likeness (QED) is 0.877. The number of halogens is 1. The predicted molar refractivity (Wildman–Crippen MR) is 81.7 cm³/mol. The summed E-state index contributed by atoms with van der Waals surface area (Å²) in [6.45, 7) is 4.07. The van der Waals surface area contributed by atoms with E-state index in [2.05, 4.69) is 17.3 Å². The predicted octanol–water partition coefficient (Wildman–Crippen LogP) is 2.80. The third kappa shape index (κ3) is 3.19. The van der Waals surface area contributed by atoms with Crippen LogP contribution in [-0.2, 0) is 0 Å². The van der Waals surface area contributed by atoms with Gasteiger partial charge in [-0.25, -0.2) is 0 Å². The summed E-state index contributed by atoms with van der Waals surface area (Å²) < 4.78 is 5.33. The minimum atomic E-state index is -0.0161. The van der Waals surface area contributed by atoms with Crippen molar-refractivity contribution in [2.75, 3.05) is 27.2 Å². The molecule has 0 aromatic heterocycles. The summed E-state index contributed by atoms with van der Waals surface area (Å²) in [7, 11) is 3.73. The van der Waals surface area contributed by atoms with Gasteiger partial charge in [0.05, 0.1) is 17.7 Å². The number of rotatable bonds is 5. The van der Waals surface area contributed by atoms with Gasteiger partial charge >= 0.3 is 0 Å². The molecule has 1 heterocycles. The van der Waals surface area contributed by atoms with Gasteiger partial charge in [-0.1, -0.05) is 11.6 Å². The molecule has 1 aromatic rings. The summed E-state index contributed by atoms with van der Waals surface area (Å²) in [6.07, 6.45) is 2.47. The summed E-state index contributed by atoms with van der Waals surface area (Å²) in [5, 5.41) is 14.1. The maximum Gasteiger partial charge on any atom is 0.145 e. The van der Waals surface area contributed by atoms with Gasteiger partial charge in [0.1, 0.15) is 11.5 Å². The zero-order valence-corrected chi connectivity index (χ0v) is 13.1. The van der Waals surface area contributed by atoms with E-state index in [1.165, 1.54) is 12.8 Å². The topological polar surface area (TPSA) is 44.7 Å². The molecule has 0 radical (unpaired) electrons.